The topological polar surface area (TPSA) is 130 Å². The zero-order valence-electron chi connectivity index (χ0n) is 25.8. The van der Waals surface area contributed by atoms with Crippen molar-refractivity contribution in [1.29, 1.82) is 0 Å². The van der Waals surface area contributed by atoms with Crippen molar-refractivity contribution in [3.05, 3.63) is 134 Å². The summed E-state index contributed by atoms with van der Waals surface area (Å²) in [5.74, 6) is -2.21. The van der Waals surface area contributed by atoms with E-state index >= 15 is 0 Å². The van der Waals surface area contributed by atoms with Crippen LogP contribution in [0.25, 0.3) is 6.08 Å². The molecular formula is C35H37N3O7. The lowest BCUT2D eigenvalue weighted by atomic mass is 9.80. The summed E-state index contributed by atoms with van der Waals surface area (Å²) in [6, 6.07) is 18.1. The van der Waals surface area contributed by atoms with Crippen molar-refractivity contribution in [2.24, 2.45) is 0 Å². The van der Waals surface area contributed by atoms with Crippen LogP contribution in [0.4, 0.5) is 5.69 Å². The Morgan fingerprint density at radius 1 is 1.02 bits per heavy atom. The Bertz CT molecular complexity index is 1610. The molecule has 1 aliphatic heterocycles. The van der Waals surface area contributed by atoms with Gasteiger partial charge in [-0.3, -0.25) is 15.1 Å². The molecule has 10 nitrogen and oxygen atoms in total. The van der Waals surface area contributed by atoms with E-state index in [-0.39, 0.29) is 30.0 Å². The van der Waals surface area contributed by atoms with Crippen molar-refractivity contribution in [3.8, 4) is 0 Å². The summed E-state index contributed by atoms with van der Waals surface area (Å²) in [5, 5.41) is 14.6. The number of carbonyl (C=O) groups is 2. The lowest BCUT2D eigenvalue weighted by molar-refractivity contribution is -0.384. The number of rotatable bonds is 13. The van der Waals surface area contributed by atoms with Gasteiger partial charge in [0.15, 0.2) is 0 Å². The molecule has 2 aromatic carbocycles. The quantitative estimate of drug-likeness (QED) is 0.106. The zero-order valence-corrected chi connectivity index (χ0v) is 25.8. The average molecular weight is 612 g/mol. The van der Waals surface area contributed by atoms with Gasteiger partial charge < -0.3 is 19.5 Å². The van der Waals surface area contributed by atoms with Crippen molar-refractivity contribution in [3.63, 3.8) is 0 Å². The Balaban J connectivity index is 1.38. The summed E-state index contributed by atoms with van der Waals surface area (Å²) < 4.78 is 16.8. The van der Waals surface area contributed by atoms with Crippen LogP contribution in [-0.2, 0) is 30.2 Å². The largest absolute Gasteiger partial charge is 0.463 e. The van der Waals surface area contributed by atoms with Gasteiger partial charge in [-0.15, -0.1) is 0 Å². The summed E-state index contributed by atoms with van der Waals surface area (Å²) in [6.45, 7) is 7.37. The van der Waals surface area contributed by atoms with Gasteiger partial charge >= 0.3 is 11.9 Å². The van der Waals surface area contributed by atoms with Gasteiger partial charge in [-0.1, -0.05) is 54.6 Å². The number of benzene rings is 2. The van der Waals surface area contributed by atoms with Crippen LogP contribution in [0.5, 0.6) is 0 Å². The lowest BCUT2D eigenvalue weighted by Gasteiger charge is -2.31. The van der Waals surface area contributed by atoms with Crippen LogP contribution in [0.2, 0.25) is 0 Å². The van der Waals surface area contributed by atoms with Gasteiger partial charge in [-0.05, 0) is 62.4 Å². The van der Waals surface area contributed by atoms with Crippen LogP contribution >= 0.6 is 0 Å². The predicted molar refractivity (Wildman–Crippen MR) is 170 cm³/mol. The molecule has 0 amide bonds. The highest BCUT2D eigenvalue weighted by atomic mass is 16.6. The number of nitrogens with one attached hydrogen (secondary N) is 1. The molecule has 2 unspecified atom stereocenters. The van der Waals surface area contributed by atoms with Crippen molar-refractivity contribution in [2.75, 3.05) is 19.8 Å². The molecule has 0 bridgehead atoms. The number of hydrogen-bond donors (Lipinski definition) is 1. The number of esters is 2. The standard InChI is InChI=1S/C35H37N3O7/c1-5-44-34(39)31-24(3)37-25(4)32(33(31)29-11-6-12-30(20-29)38(41)42)35(40)45-23(2)22-43-18-8-10-26-13-15-27(16-14-26)19-28-9-7-17-36-21-28/h6-17,20-21,23,33,37H,5,18-19,22H2,1-4H3. The van der Waals surface area contributed by atoms with Gasteiger partial charge in [0.05, 0.1) is 41.8 Å². The fourth-order valence-corrected chi connectivity index (χ4v) is 5.15. The molecule has 0 fully saturated rings. The molecule has 234 valence electrons. The first-order chi connectivity index (χ1) is 21.7. The van der Waals surface area contributed by atoms with Crippen molar-refractivity contribution in [2.45, 2.75) is 46.1 Å². The highest BCUT2D eigenvalue weighted by molar-refractivity contribution is 6.00. The van der Waals surface area contributed by atoms with E-state index in [4.69, 9.17) is 14.2 Å². The molecule has 0 radical (unpaired) electrons. The van der Waals surface area contributed by atoms with Crippen molar-refractivity contribution >= 4 is 23.7 Å². The fraction of sp³-hybridized carbons (Fsp3) is 0.286. The number of aromatic nitrogens is 1. The van der Waals surface area contributed by atoms with Crippen LogP contribution in [0.1, 0.15) is 55.9 Å². The van der Waals surface area contributed by atoms with Gasteiger partial charge in [0.2, 0.25) is 0 Å². The highest BCUT2D eigenvalue weighted by Gasteiger charge is 2.39. The molecule has 1 aliphatic rings. The predicted octanol–water partition coefficient (Wildman–Crippen LogP) is 6.04. The minimum Gasteiger partial charge on any atom is -0.463 e. The van der Waals surface area contributed by atoms with Gasteiger partial charge in [-0.25, -0.2) is 9.59 Å². The number of nitrogens with zero attached hydrogens (tertiary/aromatic N) is 2. The minimum absolute atomic E-state index is 0.125. The van der Waals surface area contributed by atoms with Crippen LogP contribution in [0, 0.1) is 10.1 Å². The van der Waals surface area contributed by atoms with Crippen LogP contribution < -0.4 is 5.32 Å². The second-order valence-electron chi connectivity index (χ2n) is 10.6. The van der Waals surface area contributed by atoms with Gasteiger partial charge in [0.1, 0.15) is 6.10 Å². The van der Waals surface area contributed by atoms with Crippen molar-refractivity contribution in [1.82, 2.24) is 10.3 Å². The van der Waals surface area contributed by atoms with Crippen LogP contribution in [0.3, 0.4) is 0 Å². The van der Waals surface area contributed by atoms with E-state index in [1.54, 1.807) is 40.0 Å². The molecule has 2 heterocycles. The summed E-state index contributed by atoms with van der Waals surface area (Å²) in [4.78, 5) is 41.8. The second-order valence-corrected chi connectivity index (χ2v) is 10.6. The molecule has 10 heteroatoms. The monoisotopic (exact) mass is 611 g/mol. The third-order valence-corrected chi connectivity index (χ3v) is 7.19. The van der Waals surface area contributed by atoms with E-state index in [9.17, 15) is 19.7 Å². The lowest BCUT2D eigenvalue weighted by Crippen LogP contribution is -2.34. The number of carbonyl (C=O) groups excluding carboxylic acids is 2. The third-order valence-electron chi connectivity index (χ3n) is 7.19. The molecule has 0 aliphatic carbocycles. The van der Waals surface area contributed by atoms with E-state index in [0.29, 0.717) is 23.6 Å². The van der Waals surface area contributed by atoms with E-state index in [0.717, 1.165) is 17.5 Å². The molecule has 2 atom stereocenters. The summed E-state index contributed by atoms with van der Waals surface area (Å²) in [5.41, 5.74) is 4.95. The number of dihydropyridines is 1. The number of ether oxygens (including phenoxy) is 3. The molecule has 0 spiro atoms. The van der Waals surface area contributed by atoms with E-state index in [2.05, 4.69) is 28.5 Å². The van der Waals surface area contributed by atoms with Gasteiger partial charge in [0.25, 0.3) is 5.69 Å². The normalized spacial score (nSPS) is 15.5. The molecule has 0 saturated heterocycles. The van der Waals surface area contributed by atoms with Crippen molar-refractivity contribution < 1.29 is 28.7 Å². The van der Waals surface area contributed by atoms with Gasteiger partial charge in [-0.2, -0.15) is 0 Å². The molecule has 0 saturated carbocycles. The maximum atomic E-state index is 13.6. The Hall–Kier alpha value is -5.09. The zero-order chi connectivity index (χ0) is 32.3. The number of pyridine rings is 1. The highest BCUT2D eigenvalue weighted by Crippen LogP contribution is 2.40. The first kappa shape index (κ1) is 32.8. The molecule has 45 heavy (non-hydrogen) atoms. The fourth-order valence-electron chi connectivity index (χ4n) is 5.15. The molecule has 1 N–H and O–H groups in total. The molecule has 4 rings (SSSR count). The maximum absolute atomic E-state index is 13.6. The van der Waals surface area contributed by atoms with Crippen LogP contribution in [-0.4, -0.2) is 47.8 Å². The first-order valence-electron chi connectivity index (χ1n) is 14.7. The molecular weight excluding hydrogens is 574 g/mol. The Labute approximate surface area is 262 Å². The number of hydrogen-bond acceptors (Lipinski definition) is 9. The Morgan fingerprint density at radius 2 is 1.76 bits per heavy atom. The SMILES string of the molecule is CCOC(=O)C1=C(C)NC(C)=C(C(=O)OC(C)COCC=Cc2ccc(Cc3cccnc3)cc2)C1c1cccc([N+](=O)[O-])c1. The minimum atomic E-state index is -0.926. The smallest absolute Gasteiger partial charge is 0.337 e. The molecule has 3 aromatic rings. The number of nitro groups is 1. The first-order valence-corrected chi connectivity index (χ1v) is 14.7. The van der Waals surface area contributed by atoms with Crippen LogP contribution in [0.15, 0.2) is 102 Å². The molecule has 1 aromatic heterocycles. The number of nitro benzene ring substituents is 1. The summed E-state index contributed by atoms with van der Waals surface area (Å²) in [7, 11) is 0. The number of allylic oxidation sites excluding steroid dienone is 2. The number of non-ortho nitro benzene ring substituents is 1. The summed E-state index contributed by atoms with van der Waals surface area (Å²) >= 11 is 0. The average Bonchev–Trinajstić information content (AvgIpc) is 3.01. The van der Waals surface area contributed by atoms with E-state index in [1.807, 2.05) is 36.5 Å². The maximum Gasteiger partial charge on any atom is 0.337 e. The summed E-state index contributed by atoms with van der Waals surface area (Å²) in [6.07, 6.45) is 7.68. The third kappa shape index (κ3) is 8.73. The Kier molecular flexibility index (Phi) is 11.4. The van der Waals surface area contributed by atoms with E-state index < -0.39 is 28.9 Å². The van der Waals surface area contributed by atoms with E-state index in [1.165, 1.54) is 23.8 Å². The Morgan fingerprint density at radius 3 is 2.42 bits per heavy atom. The second kappa shape index (κ2) is 15.6. The van der Waals surface area contributed by atoms with Gasteiger partial charge in [0, 0.05) is 35.9 Å².